The summed E-state index contributed by atoms with van der Waals surface area (Å²) in [5.41, 5.74) is 0.781. The Morgan fingerprint density at radius 2 is 1.83 bits per heavy atom. The number of aryl methyl sites for hydroxylation is 1. The second kappa shape index (κ2) is 7.96. The van der Waals surface area contributed by atoms with Crippen LogP contribution in [0.15, 0.2) is 48.7 Å². The van der Waals surface area contributed by atoms with Gasteiger partial charge in [-0.15, -0.1) is 0 Å². The number of aromatic nitrogens is 1. The van der Waals surface area contributed by atoms with Crippen LogP contribution in [-0.2, 0) is 16.6 Å². The van der Waals surface area contributed by atoms with Gasteiger partial charge in [-0.2, -0.15) is 0 Å². The Morgan fingerprint density at radius 3 is 2.42 bits per heavy atom. The van der Waals surface area contributed by atoms with Crippen molar-refractivity contribution in [3.05, 3.63) is 59.9 Å². The van der Waals surface area contributed by atoms with Crippen molar-refractivity contribution in [3.8, 4) is 0 Å². The van der Waals surface area contributed by atoms with Crippen molar-refractivity contribution >= 4 is 17.9 Å². The molecule has 7 nitrogen and oxygen atoms in total. The number of ether oxygens (including phenoxy) is 1. The highest BCUT2D eigenvalue weighted by Gasteiger charge is 2.27. The first kappa shape index (κ1) is 17.3. The molecule has 0 unspecified atom stereocenters. The van der Waals surface area contributed by atoms with Gasteiger partial charge in [0.05, 0.1) is 0 Å². The fraction of sp³-hybridized carbons (Fsp3) is 0.235. The van der Waals surface area contributed by atoms with Gasteiger partial charge < -0.3 is 14.6 Å². The molecule has 1 heterocycles. The van der Waals surface area contributed by atoms with E-state index in [0.29, 0.717) is 17.8 Å². The van der Waals surface area contributed by atoms with Crippen LogP contribution >= 0.6 is 0 Å². The zero-order valence-electron chi connectivity index (χ0n) is 13.5. The van der Waals surface area contributed by atoms with Crippen LogP contribution in [0.1, 0.15) is 29.1 Å². The number of esters is 1. The monoisotopic (exact) mass is 329 g/mol. The Labute approximate surface area is 139 Å². The number of nitrogens with zero attached hydrogens (tertiary/aromatic N) is 1. The minimum atomic E-state index is -1.23. The minimum absolute atomic E-state index is 0.307. The van der Waals surface area contributed by atoms with Crippen molar-refractivity contribution in [1.82, 2.24) is 15.2 Å². The van der Waals surface area contributed by atoms with E-state index in [1.807, 2.05) is 0 Å². The molecule has 126 valence electrons. The Hall–Kier alpha value is -3.09. The smallest absolute Gasteiger partial charge is 0.356 e. The number of carbonyl (C=O) groups is 3. The molecular weight excluding hydrogens is 310 g/mol. The van der Waals surface area contributed by atoms with E-state index in [0.717, 1.165) is 0 Å². The van der Waals surface area contributed by atoms with Crippen LogP contribution < -0.4 is 10.6 Å². The zero-order chi connectivity index (χ0) is 17.5. The molecule has 1 atom stereocenters. The number of nitrogens with one attached hydrogen (secondary N) is 2. The molecule has 1 aromatic heterocycles. The Morgan fingerprint density at radius 1 is 1.12 bits per heavy atom. The van der Waals surface area contributed by atoms with Gasteiger partial charge in [0, 0.05) is 25.4 Å². The fourth-order valence-corrected chi connectivity index (χ4v) is 2.12. The SMILES string of the molecule is CCNC(=O)NC(=O)[C@H](OC(=O)c1cccn1C)c1ccccc1. The number of imide groups is 1. The van der Waals surface area contributed by atoms with Gasteiger partial charge in [0.2, 0.25) is 6.10 Å². The van der Waals surface area contributed by atoms with Crippen molar-refractivity contribution in [2.75, 3.05) is 6.54 Å². The summed E-state index contributed by atoms with van der Waals surface area (Å²) in [6.07, 6.45) is 0.472. The first-order valence-corrected chi connectivity index (χ1v) is 7.49. The average Bonchev–Trinajstić information content (AvgIpc) is 2.99. The second-order valence-corrected chi connectivity index (χ2v) is 5.05. The molecule has 0 aliphatic carbocycles. The second-order valence-electron chi connectivity index (χ2n) is 5.05. The van der Waals surface area contributed by atoms with Crippen LogP contribution in [0.4, 0.5) is 4.79 Å². The number of rotatable bonds is 5. The van der Waals surface area contributed by atoms with Crippen molar-refractivity contribution < 1.29 is 19.1 Å². The topological polar surface area (TPSA) is 89.4 Å². The van der Waals surface area contributed by atoms with Gasteiger partial charge in [-0.3, -0.25) is 10.1 Å². The molecule has 2 aromatic rings. The third-order valence-electron chi connectivity index (χ3n) is 3.29. The molecule has 2 rings (SSSR count). The summed E-state index contributed by atoms with van der Waals surface area (Å²) in [6.45, 7) is 2.10. The van der Waals surface area contributed by atoms with Gasteiger partial charge in [-0.25, -0.2) is 9.59 Å². The van der Waals surface area contributed by atoms with E-state index >= 15 is 0 Å². The van der Waals surface area contributed by atoms with Crippen molar-refractivity contribution in [1.29, 1.82) is 0 Å². The summed E-state index contributed by atoms with van der Waals surface area (Å²) in [5, 5.41) is 4.63. The first-order valence-electron chi connectivity index (χ1n) is 7.49. The molecule has 0 bridgehead atoms. The molecule has 0 saturated heterocycles. The normalized spacial score (nSPS) is 11.4. The van der Waals surface area contributed by atoms with Gasteiger partial charge in [-0.05, 0) is 19.1 Å². The Bertz CT molecular complexity index is 724. The average molecular weight is 329 g/mol. The van der Waals surface area contributed by atoms with Crippen molar-refractivity contribution in [2.45, 2.75) is 13.0 Å². The van der Waals surface area contributed by atoms with E-state index < -0.39 is 24.0 Å². The largest absolute Gasteiger partial charge is 0.443 e. The molecule has 1 aromatic carbocycles. The number of hydrogen-bond acceptors (Lipinski definition) is 4. The van der Waals surface area contributed by atoms with Gasteiger partial charge in [0.1, 0.15) is 5.69 Å². The van der Waals surface area contributed by atoms with Gasteiger partial charge in [0.15, 0.2) is 0 Å². The first-order chi connectivity index (χ1) is 11.5. The third kappa shape index (κ3) is 4.22. The van der Waals surface area contributed by atoms with Gasteiger partial charge in [-0.1, -0.05) is 30.3 Å². The van der Waals surface area contributed by atoms with Crippen LogP contribution in [0, 0.1) is 0 Å². The van der Waals surface area contributed by atoms with E-state index in [4.69, 9.17) is 4.74 Å². The molecule has 7 heteroatoms. The maximum absolute atomic E-state index is 12.4. The van der Waals surface area contributed by atoms with Crippen LogP contribution in [0.2, 0.25) is 0 Å². The summed E-state index contributed by atoms with van der Waals surface area (Å²) < 4.78 is 6.94. The molecule has 0 spiro atoms. The molecular formula is C17H19N3O4. The van der Waals surface area contributed by atoms with Crippen LogP contribution in [0.25, 0.3) is 0 Å². The maximum atomic E-state index is 12.4. The number of benzene rings is 1. The van der Waals surface area contributed by atoms with Crippen molar-refractivity contribution in [2.24, 2.45) is 7.05 Å². The summed E-state index contributed by atoms with van der Waals surface area (Å²) in [5.74, 6) is -1.36. The molecule has 0 radical (unpaired) electrons. The Balaban J connectivity index is 2.20. The lowest BCUT2D eigenvalue weighted by molar-refractivity contribution is -0.129. The third-order valence-corrected chi connectivity index (χ3v) is 3.29. The molecule has 0 aliphatic rings. The Kier molecular flexibility index (Phi) is 5.73. The van der Waals surface area contributed by atoms with Crippen molar-refractivity contribution in [3.63, 3.8) is 0 Å². The van der Waals surface area contributed by atoms with Crippen LogP contribution in [-0.4, -0.2) is 29.0 Å². The van der Waals surface area contributed by atoms with E-state index in [1.54, 1.807) is 67.2 Å². The quantitative estimate of drug-likeness (QED) is 0.818. The summed E-state index contributed by atoms with van der Waals surface area (Å²) >= 11 is 0. The molecule has 2 N–H and O–H groups in total. The molecule has 0 saturated carbocycles. The van der Waals surface area contributed by atoms with E-state index in [-0.39, 0.29) is 0 Å². The fourth-order valence-electron chi connectivity index (χ4n) is 2.12. The highest BCUT2D eigenvalue weighted by atomic mass is 16.5. The summed E-state index contributed by atoms with van der Waals surface area (Å²) in [6, 6.07) is 11.2. The standard InChI is InChI=1S/C17H19N3O4/c1-3-18-17(23)19-15(21)14(12-8-5-4-6-9-12)24-16(22)13-10-7-11-20(13)2/h4-11,14H,3H2,1-2H3,(H2,18,19,21,23)/t14-/m1/s1. The molecule has 24 heavy (non-hydrogen) atoms. The van der Waals surface area contributed by atoms with E-state index in [2.05, 4.69) is 10.6 Å². The number of carbonyl (C=O) groups excluding carboxylic acids is 3. The lowest BCUT2D eigenvalue weighted by atomic mass is 10.1. The zero-order valence-corrected chi connectivity index (χ0v) is 13.5. The van der Waals surface area contributed by atoms with Gasteiger partial charge >= 0.3 is 12.0 Å². The number of hydrogen-bond donors (Lipinski definition) is 2. The maximum Gasteiger partial charge on any atom is 0.356 e. The number of amides is 3. The predicted octanol–water partition coefficient (Wildman–Crippen LogP) is 1.77. The van der Waals surface area contributed by atoms with Crippen LogP contribution in [0.3, 0.4) is 0 Å². The van der Waals surface area contributed by atoms with Gasteiger partial charge in [0.25, 0.3) is 5.91 Å². The lowest BCUT2D eigenvalue weighted by Crippen LogP contribution is -2.42. The number of urea groups is 1. The summed E-state index contributed by atoms with van der Waals surface area (Å²) in [4.78, 5) is 36.2. The van der Waals surface area contributed by atoms with E-state index in [9.17, 15) is 14.4 Å². The lowest BCUT2D eigenvalue weighted by Gasteiger charge is -2.17. The van der Waals surface area contributed by atoms with E-state index in [1.165, 1.54) is 0 Å². The molecule has 0 aliphatic heterocycles. The van der Waals surface area contributed by atoms with Crippen LogP contribution in [0.5, 0.6) is 0 Å². The highest BCUT2D eigenvalue weighted by molar-refractivity contribution is 5.98. The minimum Gasteiger partial charge on any atom is -0.443 e. The molecule has 3 amide bonds. The predicted molar refractivity (Wildman–Crippen MR) is 87.2 cm³/mol. The molecule has 0 fully saturated rings. The highest BCUT2D eigenvalue weighted by Crippen LogP contribution is 2.19. The summed E-state index contributed by atoms with van der Waals surface area (Å²) in [7, 11) is 1.70.